The fourth-order valence-corrected chi connectivity index (χ4v) is 2.88. The second kappa shape index (κ2) is 6.01. The van der Waals surface area contributed by atoms with E-state index in [1.807, 2.05) is 53.5 Å². The van der Waals surface area contributed by atoms with Crippen LogP contribution in [0.5, 0.6) is 0 Å². The zero-order chi connectivity index (χ0) is 16.4. The van der Waals surface area contributed by atoms with Gasteiger partial charge in [0.15, 0.2) is 0 Å². The number of aryl methyl sites for hydroxylation is 2. The number of aromatic nitrogens is 4. The Morgan fingerprint density at radius 2 is 2.17 bits per heavy atom. The van der Waals surface area contributed by atoms with Gasteiger partial charge in [0.05, 0.1) is 17.8 Å². The van der Waals surface area contributed by atoms with Crippen LogP contribution in [0.4, 0.5) is 0 Å². The number of H-pyrrole nitrogens is 1. The Kier molecular flexibility index (Phi) is 3.56. The van der Waals surface area contributed by atoms with Gasteiger partial charge in [-0.2, -0.15) is 10.4 Å². The van der Waals surface area contributed by atoms with E-state index in [0.717, 1.165) is 40.7 Å². The highest BCUT2D eigenvalue weighted by molar-refractivity contribution is 5.92. The Bertz CT molecular complexity index is 1040. The van der Waals surface area contributed by atoms with Crippen LogP contribution in [0.3, 0.4) is 0 Å². The van der Waals surface area contributed by atoms with Gasteiger partial charge in [-0.1, -0.05) is 12.1 Å². The summed E-state index contributed by atoms with van der Waals surface area (Å²) in [6, 6.07) is 13.9. The highest BCUT2D eigenvalue weighted by atomic mass is 15.3. The molecule has 116 valence electrons. The average molecular weight is 313 g/mol. The first kappa shape index (κ1) is 14.2. The highest BCUT2D eigenvalue weighted by Gasteiger charge is 2.07. The Morgan fingerprint density at radius 3 is 3.08 bits per heavy atom. The lowest BCUT2D eigenvalue weighted by molar-refractivity contribution is 0.615. The topological polar surface area (TPSA) is 70.3 Å². The smallest absolute Gasteiger partial charge is 0.137 e. The number of nitrogens with one attached hydrogen (secondary N) is 1. The molecule has 0 atom stereocenters. The maximum absolute atomic E-state index is 8.97. The summed E-state index contributed by atoms with van der Waals surface area (Å²) in [6.45, 7) is 0.774. The number of fused-ring (bicyclic) bond motifs is 1. The van der Waals surface area contributed by atoms with Crippen molar-refractivity contribution in [3.05, 3.63) is 72.3 Å². The minimum atomic E-state index is 0.695. The number of benzene rings is 1. The number of rotatable bonds is 4. The molecule has 0 radical (unpaired) electrons. The lowest BCUT2D eigenvalue weighted by Crippen LogP contribution is -2.01. The van der Waals surface area contributed by atoms with Crippen LogP contribution >= 0.6 is 0 Å². The van der Waals surface area contributed by atoms with Gasteiger partial charge in [-0.3, -0.25) is 4.68 Å². The molecule has 1 aromatic carbocycles. The molecule has 5 heteroatoms. The Balaban J connectivity index is 1.55. The summed E-state index contributed by atoms with van der Waals surface area (Å²) < 4.78 is 1.94. The fraction of sp³-hybridized carbons (Fsp3) is 0.105. The predicted molar refractivity (Wildman–Crippen MR) is 92.2 cm³/mol. The number of nitrogens with zero attached hydrogens (tertiary/aromatic N) is 4. The molecule has 0 aliphatic rings. The van der Waals surface area contributed by atoms with Crippen molar-refractivity contribution in [2.45, 2.75) is 13.0 Å². The number of hydrogen-bond donors (Lipinski definition) is 1. The first-order chi connectivity index (χ1) is 11.8. The largest absolute Gasteiger partial charge is 0.346 e. The molecule has 0 amide bonds. The van der Waals surface area contributed by atoms with Gasteiger partial charge in [-0.15, -0.1) is 0 Å². The third-order valence-electron chi connectivity index (χ3n) is 4.09. The van der Waals surface area contributed by atoms with E-state index in [1.165, 1.54) is 0 Å². The van der Waals surface area contributed by atoms with Crippen LogP contribution in [-0.2, 0) is 13.0 Å². The van der Waals surface area contributed by atoms with Crippen molar-refractivity contribution < 1.29 is 0 Å². The predicted octanol–water partition coefficient (Wildman–Crippen LogP) is 3.54. The van der Waals surface area contributed by atoms with Crippen LogP contribution < -0.4 is 0 Å². The summed E-state index contributed by atoms with van der Waals surface area (Å²) in [4.78, 5) is 7.45. The third-order valence-corrected chi connectivity index (χ3v) is 4.09. The molecule has 1 N–H and O–H groups in total. The van der Waals surface area contributed by atoms with E-state index >= 15 is 0 Å². The average Bonchev–Trinajstić information content (AvgIpc) is 3.29. The summed E-state index contributed by atoms with van der Waals surface area (Å²) in [7, 11) is 0. The van der Waals surface area contributed by atoms with Gasteiger partial charge in [0.25, 0.3) is 0 Å². The van der Waals surface area contributed by atoms with Crippen LogP contribution in [0.15, 0.2) is 61.2 Å². The van der Waals surface area contributed by atoms with Crippen molar-refractivity contribution in [3.63, 3.8) is 0 Å². The van der Waals surface area contributed by atoms with Crippen molar-refractivity contribution in [3.8, 4) is 17.2 Å². The second-order valence-electron chi connectivity index (χ2n) is 5.65. The van der Waals surface area contributed by atoms with Crippen molar-refractivity contribution in [2.75, 3.05) is 0 Å². The van der Waals surface area contributed by atoms with E-state index in [0.29, 0.717) is 5.56 Å². The summed E-state index contributed by atoms with van der Waals surface area (Å²) in [5.74, 6) is 0. The zero-order valence-electron chi connectivity index (χ0n) is 13.0. The minimum Gasteiger partial charge on any atom is -0.346 e. The van der Waals surface area contributed by atoms with Crippen LogP contribution in [0.1, 0.15) is 11.1 Å². The monoisotopic (exact) mass is 313 g/mol. The molecule has 4 aromatic rings. The van der Waals surface area contributed by atoms with E-state index < -0.39 is 0 Å². The lowest BCUT2D eigenvalue weighted by atomic mass is 10.1. The van der Waals surface area contributed by atoms with Crippen molar-refractivity contribution in [2.24, 2.45) is 0 Å². The molecular weight excluding hydrogens is 298 g/mol. The van der Waals surface area contributed by atoms with E-state index in [9.17, 15) is 0 Å². The zero-order valence-corrected chi connectivity index (χ0v) is 13.0. The third kappa shape index (κ3) is 2.66. The second-order valence-corrected chi connectivity index (χ2v) is 5.65. The number of hydrogen-bond acceptors (Lipinski definition) is 3. The molecule has 0 fully saturated rings. The molecule has 3 heterocycles. The molecule has 5 nitrogen and oxygen atoms in total. The van der Waals surface area contributed by atoms with E-state index in [-0.39, 0.29) is 0 Å². The summed E-state index contributed by atoms with van der Waals surface area (Å²) in [5, 5.41) is 14.5. The van der Waals surface area contributed by atoms with Crippen LogP contribution in [-0.4, -0.2) is 19.7 Å². The van der Waals surface area contributed by atoms with Gasteiger partial charge < -0.3 is 4.98 Å². The van der Waals surface area contributed by atoms with Gasteiger partial charge >= 0.3 is 0 Å². The molecule has 0 saturated carbocycles. The Hall–Kier alpha value is -3.39. The Labute approximate surface area is 139 Å². The van der Waals surface area contributed by atoms with Crippen LogP contribution in [0.2, 0.25) is 0 Å². The lowest BCUT2D eigenvalue weighted by Gasteiger charge is -2.03. The molecule has 24 heavy (non-hydrogen) atoms. The van der Waals surface area contributed by atoms with Gasteiger partial charge in [-0.05, 0) is 41.8 Å². The maximum Gasteiger partial charge on any atom is 0.137 e. The fourth-order valence-electron chi connectivity index (χ4n) is 2.88. The first-order valence-corrected chi connectivity index (χ1v) is 7.77. The number of aromatic amines is 1. The minimum absolute atomic E-state index is 0.695. The molecule has 4 rings (SSSR count). The molecular formula is C19H15N5. The van der Waals surface area contributed by atoms with Gasteiger partial charge in [0.1, 0.15) is 5.65 Å². The molecule has 0 unspecified atom stereocenters. The van der Waals surface area contributed by atoms with Crippen molar-refractivity contribution in [1.29, 1.82) is 5.26 Å². The normalized spacial score (nSPS) is 10.8. The first-order valence-electron chi connectivity index (χ1n) is 7.77. The molecule has 3 aromatic heterocycles. The molecule has 0 spiro atoms. The van der Waals surface area contributed by atoms with Crippen molar-refractivity contribution in [1.82, 2.24) is 19.7 Å². The maximum atomic E-state index is 8.97. The summed E-state index contributed by atoms with van der Waals surface area (Å²) >= 11 is 0. The summed E-state index contributed by atoms with van der Waals surface area (Å²) in [5.41, 5.74) is 4.92. The van der Waals surface area contributed by atoms with Crippen LogP contribution in [0, 0.1) is 11.3 Å². The number of nitriles is 1. The van der Waals surface area contributed by atoms with Gasteiger partial charge in [0, 0.05) is 36.1 Å². The van der Waals surface area contributed by atoms with Gasteiger partial charge in [-0.25, -0.2) is 4.98 Å². The van der Waals surface area contributed by atoms with Crippen LogP contribution in [0.25, 0.3) is 22.2 Å². The summed E-state index contributed by atoms with van der Waals surface area (Å²) in [6.07, 6.45) is 8.47. The van der Waals surface area contributed by atoms with E-state index in [4.69, 9.17) is 5.26 Å². The Morgan fingerprint density at radius 1 is 1.21 bits per heavy atom. The molecule has 0 aliphatic heterocycles. The molecule has 0 bridgehead atoms. The van der Waals surface area contributed by atoms with Gasteiger partial charge in [0.2, 0.25) is 0 Å². The quantitative estimate of drug-likeness (QED) is 0.626. The SMILES string of the molecule is N#Cc1cccc(CCn2cc(-c3ccnc4[nH]ccc34)cn2)c1. The van der Waals surface area contributed by atoms with E-state index in [2.05, 4.69) is 27.3 Å². The van der Waals surface area contributed by atoms with E-state index in [1.54, 1.807) is 6.20 Å². The van der Waals surface area contributed by atoms with Crippen molar-refractivity contribution >= 4 is 11.0 Å². The highest BCUT2D eigenvalue weighted by Crippen LogP contribution is 2.26. The number of pyridine rings is 1. The standard InChI is InChI=1S/C19H15N5/c20-11-15-3-1-2-14(10-15)6-9-24-13-16(12-23-24)17-4-7-21-19-18(17)5-8-22-19/h1-5,7-8,10,12-13H,6,9H2,(H,21,22). The molecule has 0 aliphatic carbocycles. The molecule has 0 saturated heterocycles.